The number of aliphatic hydroxyl groups excluding tert-OH is 1. The third-order valence-electron chi connectivity index (χ3n) is 3.03. The van der Waals surface area contributed by atoms with Crippen LogP contribution in [0.1, 0.15) is 38.1 Å². The molecule has 0 bridgehead atoms. The molecule has 0 radical (unpaired) electrons. The lowest BCUT2D eigenvalue weighted by Crippen LogP contribution is -2.42. The molecule has 5 heteroatoms. The summed E-state index contributed by atoms with van der Waals surface area (Å²) in [6, 6.07) is 7.35. The van der Waals surface area contributed by atoms with Crippen molar-refractivity contribution in [2.24, 2.45) is 0 Å². The van der Waals surface area contributed by atoms with Gasteiger partial charge in [0.25, 0.3) is 0 Å². The predicted octanol–water partition coefficient (Wildman–Crippen LogP) is 2.83. The Hall–Kier alpha value is -1.01. The zero-order chi connectivity index (χ0) is 14.9. The second-order valence-corrected chi connectivity index (χ2v) is 7.92. The van der Waals surface area contributed by atoms with Crippen LogP contribution in [0.2, 0.25) is 0 Å². The van der Waals surface area contributed by atoms with Gasteiger partial charge in [-0.1, -0.05) is 12.1 Å². The number of hydrogen-bond donors (Lipinski definition) is 2. The molecule has 0 aliphatic heterocycles. The summed E-state index contributed by atoms with van der Waals surface area (Å²) in [5.74, 6) is 0.603. The Morgan fingerprint density at radius 3 is 2.65 bits per heavy atom. The molecule has 0 aliphatic rings. The minimum Gasteiger partial charge on any atom is -0.598 e. The second kappa shape index (κ2) is 5.77. The Morgan fingerprint density at radius 1 is 1.35 bits per heavy atom. The minimum absolute atomic E-state index is 0.166. The van der Waals surface area contributed by atoms with Crippen LogP contribution in [-0.2, 0) is 11.4 Å². The van der Waals surface area contributed by atoms with Gasteiger partial charge in [-0.15, -0.1) is 4.72 Å². The van der Waals surface area contributed by atoms with Gasteiger partial charge in [-0.3, -0.25) is 0 Å². The van der Waals surface area contributed by atoms with E-state index in [0.29, 0.717) is 5.76 Å². The van der Waals surface area contributed by atoms with Crippen molar-refractivity contribution in [1.82, 2.24) is 4.72 Å². The predicted molar refractivity (Wildman–Crippen MR) is 81.8 cm³/mol. The molecule has 0 spiro atoms. The molecule has 0 unspecified atom stereocenters. The van der Waals surface area contributed by atoms with Gasteiger partial charge < -0.3 is 14.1 Å². The van der Waals surface area contributed by atoms with E-state index in [0.717, 1.165) is 16.5 Å². The highest BCUT2D eigenvalue weighted by Gasteiger charge is 2.30. The van der Waals surface area contributed by atoms with Gasteiger partial charge >= 0.3 is 0 Å². The number of benzene rings is 1. The molecule has 1 heterocycles. The molecule has 0 saturated heterocycles. The van der Waals surface area contributed by atoms with E-state index in [-0.39, 0.29) is 6.61 Å². The van der Waals surface area contributed by atoms with Crippen LogP contribution in [0, 0.1) is 6.92 Å². The number of fused-ring (bicyclic) bond motifs is 1. The van der Waals surface area contributed by atoms with Gasteiger partial charge in [-0.25, -0.2) is 0 Å². The fourth-order valence-electron chi connectivity index (χ4n) is 1.82. The molecule has 4 nitrogen and oxygen atoms in total. The molecular formula is C15H21NO3S. The summed E-state index contributed by atoms with van der Waals surface area (Å²) in [6.45, 7) is 7.48. The molecule has 0 fully saturated rings. The third-order valence-corrected chi connectivity index (χ3v) is 4.64. The van der Waals surface area contributed by atoms with Crippen LogP contribution in [-0.4, -0.2) is 21.0 Å². The van der Waals surface area contributed by atoms with Crippen molar-refractivity contribution in [1.29, 1.82) is 0 Å². The number of nitrogens with one attached hydrogen (secondary N) is 1. The lowest BCUT2D eigenvalue weighted by Gasteiger charge is -2.26. The maximum atomic E-state index is 12.1. The van der Waals surface area contributed by atoms with Crippen LogP contribution in [0.5, 0.6) is 0 Å². The first kappa shape index (κ1) is 15.4. The van der Waals surface area contributed by atoms with Gasteiger partial charge in [-0.05, 0) is 45.4 Å². The van der Waals surface area contributed by atoms with Crippen molar-refractivity contribution in [3.05, 3.63) is 35.6 Å². The monoisotopic (exact) mass is 295 g/mol. The number of hydrogen-bond acceptors (Lipinski definition) is 4. The molecule has 2 aromatic rings. The van der Waals surface area contributed by atoms with Crippen molar-refractivity contribution in [2.75, 3.05) is 6.61 Å². The molecule has 2 N–H and O–H groups in total. The van der Waals surface area contributed by atoms with Crippen molar-refractivity contribution < 1.29 is 14.1 Å². The lowest BCUT2D eigenvalue weighted by atomic mass is 10.2. The van der Waals surface area contributed by atoms with Crippen LogP contribution in [0.3, 0.4) is 0 Å². The Labute approximate surface area is 122 Å². The molecule has 2 atom stereocenters. The standard InChI is InChI=1S/C15H21NO3S/c1-10-5-6-11-8-14(19-13(11)7-10)12(9-17)16-20(18)15(2,3)4/h5-8,12,16-17H,9H2,1-4H3/t12-,20+/m1/s1. The van der Waals surface area contributed by atoms with Crippen LogP contribution in [0.25, 0.3) is 11.0 Å². The van der Waals surface area contributed by atoms with Crippen LogP contribution in [0.15, 0.2) is 28.7 Å². The fraction of sp³-hybridized carbons (Fsp3) is 0.467. The SMILES string of the molecule is Cc1ccc2cc([C@@H](CO)N[S@@+]([O-])C(C)(C)C)oc2c1. The summed E-state index contributed by atoms with van der Waals surface area (Å²) in [5.41, 5.74) is 1.90. The molecule has 1 aromatic heterocycles. The van der Waals surface area contributed by atoms with Crippen molar-refractivity contribution in [2.45, 2.75) is 38.5 Å². The van der Waals surface area contributed by atoms with E-state index < -0.39 is 22.2 Å². The number of aliphatic hydroxyl groups is 1. The molecule has 110 valence electrons. The maximum Gasteiger partial charge on any atom is 0.136 e. The highest BCUT2D eigenvalue weighted by atomic mass is 32.2. The summed E-state index contributed by atoms with van der Waals surface area (Å²) in [7, 11) is 0. The van der Waals surface area contributed by atoms with Crippen molar-refractivity contribution in [3.63, 3.8) is 0 Å². The van der Waals surface area contributed by atoms with E-state index in [9.17, 15) is 9.66 Å². The van der Waals surface area contributed by atoms with E-state index in [2.05, 4.69) is 4.72 Å². The summed E-state index contributed by atoms with van der Waals surface area (Å²) in [5, 5.41) is 10.5. The van der Waals surface area contributed by atoms with E-state index in [4.69, 9.17) is 4.42 Å². The molecule has 0 aliphatic carbocycles. The lowest BCUT2D eigenvalue weighted by molar-refractivity contribution is 0.243. The van der Waals surface area contributed by atoms with Crippen LogP contribution >= 0.6 is 0 Å². The molecule has 20 heavy (non-hydrogen) atoms. The third kappa shape index (κ3) is 3.35. The van der Waals surface area contributed by atoms with Gasteiger partial charge in [-0.2, -0.15) is 0 Å². The highest BCUT2D eigenvalue weighted by molar-refractivity contribution is 7.90. The fourth-order valence-corrected chi connectivity index (χ4v) is 2.62. The van der Waals surface area contributed by atoms with Gasteiger partial charge in [0, 0.05) is 16.7 Å². The van der Waals surface area contributed by atoms with Crippen molar-refractivity contribution in [3.8, 4) is 0 Å². The topological polar surface area (TPSA) is 68.5 Å². The minimum atomic E-state index is -1.26. The van der Waals surface area contributed by atoms with Gasteiger partial charge in [0.1, 0.15) is 22.1 Å². The largest absolute Gasteiger partial charge is 0.598 e. The van der Waals surface area contributed by atoms with E-state index >= 15 is 0 Å². The summed E-state index contributed by atoms with van der Waals surface area (Å²) in [4.78, 5) is 0. The average Bonchev–Trinajstić information content (AvgIpc) is 2.76. The normalized spacial score (nSPS) is 15.5. The van der Waals surface area contributed by atoms with E-state index in [1.54, 1.807) is 0 Å². The quantitative estimate of drug-likeness (QED) is 0.851. The van der Waals surface area contributed by atoms with Gasteiger partial charge in [0.15, 0.2) is 0 Å². The second-order valence-electron chi connectivity index (χ2n) is 5.92. The molecule has 1 aromatic carbocycles. The Bertz CT molecular complexity index is 588. The molecule has 0 saturated carbocycles. The van der Waals surface area contributed by atoms with E-state index in [1.165, 1.54) is 0 Å². The van der Waals surface area contributed by atoms with Crippen LogP contribution in [0.4, 0.5) is 0 Å². The van der Waals surface area contributed by atoms with Gasteiger partial charge in [0.05, 0.1) is 6.61 Å². The molecule has 0 amide bonds. The number of rotatable bonds is 4. The molecular weight excluding hydrogens is 274 g/mol. The number of furan rings is 1. The first-order valence-electron chi connectivity index (χ1n) is 6.60. The Kier molecular flexibility index (Phi) is 4.44. The summed E-state index contributed by atoms with van der Waals surface area (Å²) in [6.07, 6.45) is 0. The average molecular weight is 295 g/mol. The summed E-state index contributed by atoms with van der Waals surface area (Å²) < 4.78 is 20.4. The van der Waals surface area contributed by atoms with Gasteiger partial charge in [0.2, 0.25) is 0 Å². The zero-order valence-corrected chi connectivity index (χ0v) is 13.1. The Balaban J connectivity index is 2.25. The first-order valence-corrected chi connectivity index (χ1v) is 7.75. The zero-order valence-electron chi connectivity index (χ0n) is 12.3. The first-order chi connectivity index (χ1) is 9.31. The highest BCUT2D eigenvalue weighted by Crippen LogP contribution is 2.26. The smallest absolute Gasteiger partial charge is 0.136 e. The maximum absolute atomic E-state index is 12.1. The van der Waals surface area contributed by atoms with Crippen LogP contribution < -0.4 is 4.72 Å². The summed E-state index contributed by atoms with van der Waals surface area (Å²) >= 11 is -1.26. The Morgan fingerprint density at radius 2 is 2.05 bits per heavy atom. The molecule has 2 rings (SSSR count). The number of aryl methyl sites for hydroxylation is 1. The van der Waals surface area contributed by atoms with Crippen molar-refractivity contribution >= 4 is 22.3 Å². The van der Waals surface area contributed by atoms with E-state index in [1.807, 2.05) is 52.0 Å².